The molecule has 1 aliphatic heterocycles. The molecule has 5 aromatic rings. The molecule has 256 valence electrons. The van der Waals surface area contributed by atoms with Crippen molar-refractivity contribution in [3.05, 3.63) is 89.4 Å². The zero-order chi connectivity index (χ0) is 34.4. The molecule has 5 unspecified atom stereocenters. The molecule has 10 rings (SSSR count). The average molecular weight is 687 g/mol. The molecule has 10 heteroatoms. The second kappa shape index (κ2) is 11.2. The summed E-state index contributed by atoms with van der Waals surface area (Å²) >= 11 is 1.45. The first-order chi connectivity index (χ1) is 24.0. The minimum absolute atomic E-state index is 0.0124. The minimum atomic E-state index is -1.07. The first-order valence-corrected chi connectivity index (χ1v) is 18.6. The second-order valence-corrected chi connectivity index (χ2v) is 17.3. The van der Waals surface area contributed by atoms with E-state index in [1.807, 2.05) is 54.7 Å². The number of rotatable bonds is 7. The van der Waals surface area contributed by atoms with E-state index >= 15 is 0 Å². The predicted molar refractivity (Wildman–Crippen MR) is 196 cm³/mol. The van der Waals surface area contributed by atoms with Gasteiger partial charge in [-0.2, -0.15) is 5.10 Å². The van der Waals surface area contributed by atoms with Crippen LogP contribution in [0.15, 0.2) is 67.0 Å². The predicted octanol–water partition coefficient (Wildman–Crippen LogP) is 8.31. The molecule has 4 aliphatic carbocycles. The summed E-state index contributed by atoms with van der Waals surface area (Å²) < 4.78 is 3.07. The summed E-state index contributed by atoms with van der Waals surface area (Å²) in [4.78, 5) is 37.5. The molecule has 3 aromatic heterocycles. The van der Waals surface area contributed by atoms with Crippen LogP contribution in [0, 0.1) is 28.1 Å². The molecule has 1 amide bonds. The van der Waals surface area contributed by atoms with Crippen LogP contribution in [0.25, 0.3) is 21.3 Å². The van der Waals surface area contributed by atoms with E-state index in [1.165, 1.54) is 43.4 Å². The highest BCUT2D eigenvalue weighted by Gasteiger charge is 2.63. The van der Waals surface area contributed by atoms with E-state index < -0.39 is 5.97 Å². The number of thiazole rings is 1. The van der Waals surface area contributed by atoms with Crippen molar-refractivity contribution in [3.8, 4) is 11.1 Å². The standard InChI is InChI=1S/C40H42N6O3S/c1-24-26-15-38(2)20-39(24,3)22-40(16-26,21-38)23-46-18-27(17-41-46)28-11-12-33(43-34(28)36(48)49)45-14-13-25-7-6-8-29(30(25)19-45)35(47)44-37-42-31-9-4-5-10-32(31)50-37/h4-12,17-18,24,26H,13-16,19-23H2,1-3H3,(H,48,49)(H,42,44,47). The summed E-state index contributed by atoms with van der Waals surface area (Å²) in [5.74, 6) is 0.841. The second-order valence-electron chi connectivity index (χ2n) is 16.3. The van der Waals surface area contributed by atoms with Gasteiger partial charge in [-0.05, 0) is 108 Å². The lowest BCUT2D eigenvalue weighted by molar-refractivity contribution is -0.184. The van der Waals surface area contributed by atoms with Gasteiger partial charge in [-0.25, -0.2) is 14.8 Å². The Hall–Kier alpha value is -4.57. The summed E-state index contributed by atoms with van der Waals surface area (Å²) in [6.07, 6.45) is 10.9. The fraction of sp³-hybridized carbons (Fsp3) is 0.425. The third-order valence-corrected chi connectivity index (χ3v) is 13.5. The van der Waals surface area contributed by atoms with Crippen LogP contribution in [-0.2, 0) is 19.5 Å². The van der Waals surface area contributed by atoms with Gasteiger partial charge in [0.2, 0.25) is 0 Å². The highest BCUT2D eigenvalue weighted by molar-refractivity contribution is 7.22. The molecule has 4 fully saturated rings. The molecule has 9 nitrogen and oxygen atoms in total. The van der Waals surface area contributed by atoms with Gasteiger partial charge in [0.05, 0.1) is 16.4 Å². The number of amides is 1. The maximum Gasteiger partial charge on any atom is 0.355 e. The van der Waals surface area contributed by atoms with Crippen LogP contribution in [-0.4, -0.2) is 43.3 Å². The number of nitrogens with zero attached hydrogens (tertiary/aromatic N) is 5. The van der Waals surface area contributed by atoms with Crippen molar-refractivity contribution >= 4 is 44.4 Å². The van der Waals surface area contributed by atoms with Crippen LogP contribution in [0.4, 0.5) is 10.9 Å². The number of fused-ring (bicyclic) bond motifs is 2. The molecule has 5 atom stereocenters. The smallest absolute Gasteiger partial charge is 0.355 e. The van der Waals surface area contributed by atoms with E-state index in [9.17, 15) is 14.7 Å². The Bertz CT molecular complexity index is 2160. The molecule has 2 N–H and O–H groups in total. The Labute approximate surface area is 295 Å². The van der Waals surface area contributed by atoms with Crippen molar-refractivity contribution in [2.24, 2.45) is 28.1 Å². The highest BCUT2D eigenvalue weighted by atomic mass is 32.1. The van der Waals surface area contributed by atoms with E-state index in [0.29, 0.717) is 46.0 Å². The van der Waals surface area contributed by atoms with E-state index in [-0.39, 0.29) is 17.0 Å². The summed E-state index contributed by atoms with van der Waals surface area (Å²) in [5, 5.41) is 18.7. The number of carbonyl (C=O) groups excluding carboxylic acids is 1. The number of anilines is 2. The summed E-state index contributed by atoms with van der Waals surface area (Å²) in [5.41, 5.74) is 5.86. The first kappa shape index (κ1) is 31.4. The van der Waals surface area contributed by atoms with Gasteiger partial charge in [-0.3, -0.25) is 14.8 Å². The highest BCUT2D eigenvalue weighted by Crippen LogP contribution is 2.71. The lowest BCUT2D eigenvalue weighted by Gasteiger charge is -2.68. The van der Waals surface area contributed by atoms with Crippen LogP contribution < -0.4 is 10.2 Å². The summed E-state index contributed by atoms with van der Waals surface area (Å²) in [6, 6.07) is 17.4. The molecule has 0 radical (unpaired) electrons. The molecule has 5 aliphatic rings. The Balaban J connectivity index is 0.954. The largest absolute Gasteiger partial charge is 0.476 e. The van der Waals surface area contributed by atoms with Gasteiger partial charge in [0.15, 0.2) is 10.8 Å². The Morgan fingerprint density at radius 3 is 2.70 bits per heavy atom. The van der Waals surface area contributed by atoms with Crippen molar-refractivity contribution in [3.63, 3.8) is 0 Å². The lowest BCUT2D eigenvalue weighted by atomic mass is 9.37. The number of hydrogen-bond donors (Lipinski definition) is 2. The molecule has 4 bridgehead atoms. The van der Waals surface area contributed by atoms with Gasteiger partial charge >= 0.3 is 5.97 Å². The van der Waals surface area contributed by atoms with Gasteiger partial charge in [-0.15, -0.1) is 0 Å². The zero-order valence-electron chi connectivity index (χ0n) is 28.8. The maximum atomic E-state index is 13.5. The molecule has 0 spiro atoms. The van der Waals surface area contributed by atoms with Crippen LogP contribution >= 0.6 is 11.3 Å². The van der Waals surface area contributed by atoms with Crippen molar-refractivity contribution in [1.82, 2.24) is 19.7 Å². The van der Waals surface area contributed by atoms with E-state index in [4.69, 9.17) is 10.1 Å². The topological polar surface area (TPSA) is 113 Å². The number of pyridine rings is 1. The van der Waals surface area contributed by atoms with E-state index in [0.717, 1.165) is 51.7 Å². The van der Waals surface area contributed by atoms with Gasteiger partial charge < -0.3 is 10.0 Å². The number of carboxylic acids is 1. The van der Waals surface area contributed by atoms with Crippen LogP contribution in [0.1, 0.15) is 84.8 Å². The van der Waals surface area contributed by atoms with Gasteiger partial charge in [0, 0.05) is 42.5 Å². The molecule has 0 saturated heterocycles. The Morgan fingerprint density at radius 1 is 1.02 bits per heavy atom. The first-order valence-electron chi connectivity index (χ1n) is 17.8. The maximum absolute atomic E-state index is 13.5. The number of carboxylic acid groups (broad SMARTS) is 1. The number of carbonyl (C=O) groups is 2. The van der Waals surface area contributed by atoms with Gasteiger partial charge in [-0.1, -0.05) is 56.4 Å². The monoisotopic (exact) mass is 686 g/mol. The number of aromatic carboxylic acids is 1. The van der Waals surface area contributed by atoms with E-state index in [2.05, 4.69) is 46.7 Å². The number of hydrogen-bond acceptors (Lipinski definition) is 7. The summed E-state index contributed by atoms with van der Waals surface area (Å²) in [7, 11) is 0. The molecular formula is C40H42N6O3S. The average Bonchev–Trinajstić information content (AvgIpc) is 3.71. The number of aromatic nitrogens is 4. The molecule has 2 aromatic carbocycles. The third kappa shape index (κ3) is 5.22. The van der Waals surface area contributed by atoms with Gasteiger partial charge in [0.1, 0.15) is 5.82 Å². The Morgan fingerprint density at radius 2 is 1.88 bits per heavy atom. The number of benzene rings is 2. The van der Waals surface area contributed by atoms with Crippen LogP contribution in [0.3, 0.4) is 0 Å². The molecule has 50 heavy (non-hydrogen) atoms. The quantitative estimate of drug-likeness (QED) is 0.177. The SMILES string of the molecule is CC1C2CC3(C)CC(Cn4cc(-c5ccc(N6CCc7cccc(C(=O)Nc8nc9ccccc9s8)c7C6)nc5C(=O)O)cn4)(C2)CC1(C)C3. The van der Waals surface area contributed by atoms with Gasteiger partial charge in [0.25, 0.3) is 5.91 Å². The third-order valence-electron chi connectivity index (χ3n) is 12.5. The van der Waals surface area contributed by atoms with Crippen molar-refractivity contribution < 1.29 is 14.7 Å². The van der Waals surface area contributed by atoms with Crippen molar-refractivity contribution in [2.45, 2.75) is 72.4 Å². The zero-order valence-corrected chi connectivity index (χ0v) is 29.6. The number of nitrogens with one attached hydrogen (secondary N) is 1. The van der Waals surface area contributed by atoms with Crippen LogP contribution in [0.5, 0.6) is 0 Å². The Kier molecular flexibility index (Phi) is 7.05. The van der Waals surface area contributed by atoms with Crippen LogP contribution in [0.2, 0.25) is 0 Å². The molecule has 4 heterocycles. The van der Waals surface area contributed by atoms with Crippen molar-refractivity contribution in [1.29, 1.82) is 0 Å². The summed E-state index contributed by atoms with van der Waals surface area (Å²) in [6.45, 7) is 9.46. The van der Waals surface area contributed by atoms with Crippen molar-refractivity contribution in [2.75, 3.05) is 16.8 Å². The fourth-order valence-corrected chi connectivity index (χ4v) is 11.8. The lowest BCUT2D eigenvalue weighted by Crippen LogP contribution is -2.59. The minimum Gasteiger partial charge on any atom is -0.476 e. The van der Waals surface area contributed by atoms with E-state index in [1.54, 1.807) is 6.20 Å². The normalized spacial score (nSPS) is 28.2. The molecule has 4 saturated carbocycles. The fourth-order valence-electron chi connectivity index (χ4n) is 10.9. The number of para-hydroxylation sites is 1. The molecular weight excluding hydrogens is 645 g/mol.